The molecule has 0 unspecified atom stereocenters. The molecule has 2 aliphatic rings. The molecule has 2 bridgehead atoms. The minimum Gasteiger partial charge on any atom is -0.294 e. The molecule has 1 aromatic rings. The van der Waals surface area contributed by atoms with Gasteiger partial charge >= 0.3 is 0 Å². The molecule has 1 aromatic heterocycles. The van der Waals surface area contributed by atoms with Crippen molar-refractivity contribution >= 4 is 11.8 Å². The highest BCUT2D eigenvalue weighted by atomic mass is 15.5. The van der Waals surface area contributed by atoms with Crippen molar-refractivity contribution in [1.29, 1.82) is 0 Å². The van der Waals surface area contributed by atoms with Crippen molar-refractivity contribution in [2.45, 2.75) is 0 Å². The summed E-state index contributed by atoms with van der Waals surface area (Å²) in [6, 6.07) is 0. The van der Waals surface area contributed by atoms with E-state index in [-0.39, 0.29) is 0 Å². The Balaban J connectivity index is 2.31. The molecule has 54 valence electrons. The summed E-state index contributed by atoms with van der Waals surface area (Å²) < 4.78 is 0. The van der Waals surface area contributed by atoms with Gasteiger partial charge in [0.05, 0.1) is 17.6 Å². The first kappa shape index (κ1) is 5.01. The van der Waals surface area contributed by atoms with Gasteiger partial charge in [0.15, 0.2) is 0 Å². The lowest BCUT2D eigenvalue weighted by atomic mass is 10.3. The summed E-state index contributed by atoms with van der Waals surface area (Å²) in [6.07, 6.45) is 7.83. The molecule has 0 spiro atoms. The Kier molecular flexibility index (Phi) is 0.671. The number of allylic oxidation sites excluding steroid dienone is 1. The lowest BCUT2D eigenvalue weighted by Crippen LogP contribution is -2.29. The minimum atomic E-state index is 1.06. The smallest absolute Gasteiger partial charge is 0.107 e. The van der Waals surface area contributed by atoms with Crippen LogP contribution in [-0.4, -0.2) is 10.2 Å². The first-order valence-electron chi connectivity index (χ1n) is 3.43. The van der Waals surface area contributed by atoms with Crippen molar-refractivity contribution in [3.63, 3.8) is 0 Å². The number of nitrogens with zero attached hydrogens (tertiary/aromatic N) is 2. The van der Waals surface area contributed by atoms with Crippen LogP contribution in [0.4, 0.5) is 5.69 Å². The molecule has 11 heavy (non-hydrogen) atoms. The second kappa shape index (κ2) is 1.47. The number of nitrogens with one attached hydrogen (secondary N) is 2. The molecule has 3 rings (SSSR count). The first-order valence-corrected chi connectivity index (χ1v) is 3.43. The molecule has 0 saturated carbocycles. The predicted molar refractivity (Wildman–Crippen MR) is 41.3 cm³/mol. The molecule has 0 fully saturated rings. The number of hydrazine groups is 1. The van der Waals surface area contributed by atoms with Gasteiger partial charge in [-0.1, -0.05) is 0 Å². The maximum absolute atomic E-state index is 3.94. The van der Waals surface area contributed by atoms with Gasteiger partial charge in [0.2, 0.25) is 0 Å². The van der Waals surface area contributed by atoms with Gasteiger partial charge in [-0.15, -0.1) is 0 Å². The van der Waals surface area contributed by atoms with E-state index in [1.54, 1.807) is 6.20 Å². The first-order chi connectivity index (χ1) is 5.43. The van der Waals surface area contributed by atoms with E-state index in [0.717, 1.165) is 17.1 Å². The van der Waals surface area contributed by atoms with E-state index in [0.29, 0.717) is 0 Å². The summed E-state index contributed by atoms with van der Waals surface area (Å²) in [4.78, 5) is 0. The summed E-state index contributed by atoms with van der Waals surface area (Å²) in [5.41, 5.74) is 6.39. The van der Waals surface area contributed by atoms with Gasteiger partial charge in [-0.05, 0) is 12.2 Å². The Bertz CT molecular complexity index is 360. The van der Waals surface area contributed by atoms with Crippen LogP contribution in [0, 0.1) is 0 Å². The van der Waals surface area contributed by atoms with Crippen LogP contribution in [0.3, 0.4) is 0 Å². The summed E-state index contributed by atoms with van der Waals surface area (Å²) in [6.45, 7) is 0. The Morgan fingerprint density at radius 1 is 1.45 bits per heavy atom. The molecular formula is C7H6N4. The lowest BCUT2D eigenvalue weighted by Gasteiger charge is -2.19. The third-order valence-corrected chi connectivity index (χ3v) is 1.86. The fourth-order valence-electron chi connectivity index (χ4n) is 1.33. The van der Waals surface area contributed by atoms with Gasteiger partial charge in [-0.3, -0.25) is 15.5 Å². The van der Waals surface area contributed by atoms with Crippen LogP contribution in [0.5, 0.6) is 0 Å². The lowest BCUT2D eigenvalue weighted by molar-refractivity contribution is 0.875. The van der Waals surface area contributed by atoms with Gasteiger partial charge < -0.3 is 0 Å². The second-order valence-electron chi connectivity index (χ2n) is 2.57. The van der Waals surface area contributed by atoms with Crippen molar-refractivity contribution < 1.29 is 0 Å². The van der Waals surface area contributed by atoms with Crippen molar-refractivity contribution in [3.05, 3.63) is 29.9 Å². The SMILES string of the molecule is C1=CN2NC1=Cc1[nH]ncc12. The van der Waals surface area contributed by atoms with Crippen molar-refractivity contribution in [1.82, 2.24) is 15.6 Å². The molecule has 0 aromatic carbocycles. The van der Waals surface area contributed by atoms with Crippen LogP contribution in [0.1, 0.15) is 5.69 Å². The highest BCUT2D eigenvalue weighted by Gasteiger charge is 2.19. The Morgan fingerprint density at radius 2 is 2.45 bits per heavy atom. The fourth-order valence-corrected chi connectivity index (χ4v) is 1.33. The second-order valence-corrected chi connectivity index (χ2v) is 2.57. The van der Waals surface area contributed by atoms with Crippen LogP contribution in [-0.2, 0) is 0 Å². The zero-order chi connectivity index (χ0) is 7.26. The topological polar surface area (TPSA) is 44.0 Å². The average Bonchev–Trinajstić information content (AvgIpc) is 2.58. The number of anilines is 1. The third kappa shape index (κ3) is 0.513. The number of rotatable bonds is 0. The van der Waals surface area contributed by atoms with Gasteiger partial charge in [-0.2, -0.15) is 5.10 Å². The minimum absolute atomic E-state index is 1.06. The summed E-state index contributed by atoms with van der Waals surface area (Å²) >= 11 is 0. The van der Waals surface area contributed by atoms with Crippen LogP contribution >= 0.6 is 0 Å². The highest BCUT2D eigenvalue weighted by molar-refractivity contribution is 5.73. The van der Waals surface area contributed by atoms with Crippen LogP contribution in [0.2, 0.25) is 0 Å². The van der Waals surface area contributed by atoms with Crippen LogP contribution in [0.15, 0.2) is 24.2 Å². The normalized spacial score (nSPS) is 17.8. The monoisotopic (exact) mass is 146 g/mol. The van der Waals surface area contributed by atoms with Crippen LogP contribution in [0.25, 0.3) is 6.08 Å². The van der Waals surface area contributed by atoms with Gasteiger partial charge in [0.1, 0.15) is 5.69 Å². The third-order valence-electron chi connectivity index (χ3n) is 1.86. The Morgan fingerprint density at radius 3 is 3.45 bits per heavy atom. The Labute approximate surface area is 63.2 Å². The maximum atomic E-state index is 3.94. The predicted octanol–water partition coefficient (Wildman–Crippen LogP) is 0.603. The zero-order valence-corrected chi connectivity index (χ0v) is 5.70. The van der Waals surface area contributed by atoms with Gasteiger partial charge in [0, 0.05) is 6.20 Å². The molecule has 2 N–H and O–H groups in total. The van der Waals surface area contributed by atoms with Gasteiger partial charge in [0.25, 0.3) is 0 Å². The number of aromatic nitrogens is 2. The molecule has 0 amide bonds. The van der Waals surface area contributed by atoms with Crippen molar-refractivity contribution in [2.24, 2.45) is 0 Å². The number of fused-ring (bicyclic) bond motifs is 4. The average molecular weight is 146 g/mol. The molecular weight excluding hydrogens is 140 g/mol. The molecule has 0 saturated heterocycles. The van der Waals surface area contributed by atoms with Crippen molar-refractivity contribution in [2.75, 3.05) is 5.01 Å². The molecule has 0 atom stereocenters. The Hall–Kier alpha value is -1.71. The highest BCUT2D eigenvalue weighted by Crippen LogP contribution is 2.27. The molecule has 4 nitrogen and oxygen atoms in total. The van der Waals surface area contributed by atoms with E-state index in [9.17, 15) is 0 Å². The van der Waals surface area contributed by atoms with E-state index in [2.05, 4.69) is 15.6 Å². The summed E-state index contributed by atoms with van der Waals surface area (Å²) in [5.74, 6) is 0. The summed E-state index contributed by atoms with van der Waals surface area (Å²) in [7, 11) is 0. The standard InChI is InChI=1S/C7H6N4/c1-2-11-7-4-8-9-6(7)3-5(1)10-11/h1-4,10H,(H,8,9). The number of aromatic amines is 1. The quantitative estimate of drug-likeness (QED) is 0.563. The maximum Gasteiger partial charge on any atom is 0.107 e. The van der Waals surface area contributed by atoms with Crippen molar-refractivity contribution in [3.8, 4) is 0 Å². The number of hydrogen-bond acceptors (Lipinski definition) is 3. The molecule has 3 heterocycles. The van der Waals surface area contributed by atoms with E-state index in [4.69, 9.17) is 0 Å². The zero-order valence-electron chi connectivity index (χ0n) is 5.70. The molecule has 2 aliphatic heterocycles. The van der Waals surface area contributed by atoms with E-state index < -0.39 is 0 Å². The fraction of sp³-hybridized carbons (Fsp3) is 0. The number of H-pyrrole nitrogens is 1. The van der Waals surface area contributed by atoms with Gasteiger partial charge in [-0.25, -0.2) is 0 Å². The van der Waals surface area contributed by atoms with Crippen LogP contribution < -0.4 is 10.4 Å². The largest absolute Gasteiger partial charge is 0.294 e. The van der Waals surface area contributed by atoms with E-state index in [1.807, 2.05) is 23.4 Å². The molecule has 0 aliphatic carbocycles. The molecule has 4 heteroatoms. The van der Waals surface area contributed by atoms with E-state index >= 15 is 0 Å². The number of hydrogen-bond donors (Lipinski definition) is 2. The van der Waals surface area contributed by atoms with E-state index in [1.165, 1.54) is 0 Å². The molecule has 0 radical (unpaired) electrons. The summed E-state index contributed by atoms with van der Waals surface area (Å²) in [5, 5.41) is 8.79.